The fourth-order valence-corrected chi connectivity index (χ4v) is 4.58. The van der Waals surface area contributed by atoms with Crippen LogP contribution in [0.25, 0.3) is 0 Å². The van der Waals surface area contributed by atoms with Crippen LogP contribution in [0.15, 0.2) is 48.6 Å². The Labute approximate surface area is 162 Å². The Morgan fingerprint density at radius 2 is 1.74 bits per heavy atom. The minimum Gasteiger partial charge on any atom is -0.377 e. The van der Waals surface area contributed by atoms with Crippen LogP contribution in [-0.4, -0.2) is 12.7 Å². The van der Waals surface area contributed by atoms with Crippen LogP contribution in [0.2, 0.25) is 0 Å². The van der Waals surface area contributed by atoms with Gasteiger partial charge in [-0.25, -0.2) is 0 Å². The average Bonchev–Trinajstić information content (AvgIpc) is 2.69. The maximum Gasteiger partial charge on any atom is 0.266 e. The summed E-state index contributed by atoms with van der Waals surface area (Å²) in [6.45, 7) is 2.95. The van der Waals surface area contributed by atoms with Crippen molar-refractivity contribution in [2.45, 2.75) is 70.3 Å². The molecule has 0 amide bonds. The van der Waals surface area contributed by atoms with Crippen LogP contribution in [0.3, 0.4) is 0 Å². The van der Waals surface area contributed by atoms with E-state index in [2.05, 4.69) is 43.3 Å². The van der Waals surface area contributed by atoms with Gasteiger partial charge in [0.2, 0.25) is 0 Å². The van der Waals surface area contributed by atoms with E-state index in [1.807, 2.05) is 0 Å². The Kier molecular flexibility index (Phi) is 7.63. The van der Waals surface area contributed by atoms with Crippen molar-refractivity contribution in [2.75, 3.05) is 6.61 Å². The third kappa shape index (κ3) is 6.00. The van der Waals surface area contributed by atoms with Crippen molar-refractivity contribution in [1.82, 2.24) is 0 Å². The van der Waals surface area contributed by atoms with Gasteiger partial charge in [-0.05, 0) is 80.4 Å². The first kappa shape index (κ1) is 20.3. The molecule has 2 fully saturated rings. The highest BCUT2D eigenvalue weighted by Gasteiger charge is 2.31. The normalized spacial score (nSPS) is 29.0. The number of halogens is 2. The van der Waals surface area contributed by atoms with Gasteiger partial charge in [0, 0.05) is 5.92 Å². The monoisotopic (exact) mass is 374 g/mol. The van der Waals surface area contributed by atoms with Gasteiger partial charge in [-0.3, -0.25) is 0 Å². The second-order valence-corrected chi connectivity index (χ2v) is 8.10. The van der Waals surface area contributed by atoms with E-state index in [1.54, 1.807) is 0 Å². The molecule has 0 aromatic heterocycles. The summed E-state index contributed by atoms with van der Waals surface area (Å²) < 4.78 is 31.1. The van der Waals surface area contributed by atoms with Gasteiger partial charge in [0.15, 0.2) is 0 Å². The van der Waals surface area contributed by atoms with Crippen LogP contribution in [0.4, 0.5) is 8.78 Å². The van der Waals surface area contributed by atoms with E-state index in [0.717, 1.165) is 57.6 Å². The van der Waals surface area contributed by atoms with Gasteiger partial charge >= 0.3 is 0 Å². The quantitative estimate of drug-likeness (QED) is 0.485. The van der Waals surface area contributed by atoms with Crippen LogP contribution in [-0.2, 0) is 11.2 Å². The molecule has 148 valence electrons. The summed E-state index contributed by atoms with van der Waals surface area (Å²) in [7, 11) is 0. The van der Waals surface area contributed by atoms with Crippen molar-refractivity contribution in [3.8, 4) is 0 Å². The van der Waals surface area contributed by atoms with Crippen LogP contribution in [0.1, 0.15) is 68.9 Å². The molecule has 1 aromatic carbocycles. The molecule has 1 saturated heterocycles. The summed E-state index contributed by atoms with van der Waals surface area (Å²) in [6.07, 6.45) is 12.5. The number of rotatable bonds is 6. The third-order valence-corrected chi connectivity index (χ3v) is 6.22. The number of hydrogen-bond acceptors (Lipinski definition) is 1. The molecule has 3 heteroatoms. The van der Waals surface area contributed by atoms with Crippen LogP contribution in [0, 0.1) is 11.8 Å². The number of benzene rings is 1. The summed E-state index contributed by atoms with van der Waals surface area (Å²) in [6, 6.07) is 8.99. The van der Waals surface area contributed by atoms with E-state index in [1.165, 1.54) is 17.5 Å². The highest BCUT2D eigenvalue weighted by atomic mass is 19.3. The summed E-state index contributed by atoms with van der Waals surface area (Å²) in [5, 5.41) is 0. The number of allylic oxidation sites excluding steroid dienone is 3. The molecule has 2 aliphatic rings. The van der Waals surface area contributed by atoms with E-state index in [0.29, 0.717) is 17.9 Å². The molecule has 1 saturated carbocycles. The zero-order chi connectivity index (χ0) is 19.1. The molecule has 1 aliphatic heterocycles. The van der Waals surface area contributed by atoms with Crippen molar-refractivity contribution in [3.63, 3.8) is 0 Å². The van der Waals surface area contributed by atoms with Gasteiger partial charge in [0.1, 0.15) is 0 Å². The molecule has 27 heavy (non-hydrogen) atoms. The average molecular weight is 375 g/mol. The van der Waals surface area contributed by atoms with Gasteiger partial charge < -0.3 is 4.74 Å². The molecule has 3 rings (SSSR count). The molecular formula is C24H32F2O. The summed E-state index contributed by atoms with van der Waals surface area (Å²) in [5.41, 5.74) is 2.73. The van der Waals surface area contributed by atoms with E-state index in [-0.39, 0.29) is 5.92 Å². The lowest BCUT2D eigenvalue weighted by atomic mass is 9.77. The van der Waals surface area contributed by atoms with Gasteiger partial charge in [-0.15, -0.1) is 0 Å². The fraction of sp³-hybridized carbons (Fsp3) is 0.583. The smallest absolute Gasteiger partial charge is 0.266 e. The zero-order valence-electron chi connectivity index (χ0n) is 16.4. The minimum absolute atomic E-state index is 0.0632. The predicted molar refractivity (Wildman–Crippen MR) is 107 cm³/mol. The molecule has 0 radical (unpaired) electrons. The first-order chi connectivity index (χ1) is 13.2. The van der Waals surface area contributed by atoms with E-state index < -0.39 is 6.08 Å². The lowest BCUT2D eigenvalue weighted by molar-refractivity contribution is -0.0420. The van der Waals surface area contributed by atoms with Gasteiger partial charge in [-0.1, -0.05) is 43.3 Å². The van der Waals surface area contributed by atoms with Crippen LogP contribution < -0.4 is 0 Å². The Hall–Kier alpha value is -1.48. The molecule has 1 heterocycles. The molecular weight excluding hydrogens is 342 g/mol. The summed E-state index contributed by atoms with van der Waals surface area (Å²) >= 11 is 0. The highest BCUT2D eigenvalue weighted by molar-refractivity contribution is 5.27. The lowest BCUT2D eigenvalue weighted by Crippen LogP contribution is -2.33. The highest BCUT2D eigenvalue weighted by Crippen LogP contribution is 2.38. The fourth-order valence-electron chi connectivity index (χ4n) is 4.58. The minimum atomic E-state index is -1.53. The molecule has 0 bridgehead atoms. The SMILES string of the molecule is CCC=CCc1ccc(C2CCC(C3CCC(C=C(F)F)CC3)OC2)cc1. The Morgan fingerprint density at radius 1 is 1.00 bits per heavy atom. The van der Waals surface area contributed by atoms with Crippen molar-refractivity contribution < 1.29 is 13.5 Å². The molecule has 1 nitrogen and oxygen atoms in total. The van der Waals surface area contributed by atoms with Crippen molar-refractivity contribution >= 4 is 0 Å². The third-order valence-electron chi connectivity index (χ3n) is 6.22. The van der Waals surface area contributed by atoms with E-state index in [4.69, 9.17) is 4.74 Å². The van der Waals surface area contributed by atoms with Crippen LogP contribution >= 0.6 is 0 Å². The van der Waals surface area contributed by atoms with Crippen molar-refractivity contribution in [3.05, 3.63) is 59.7 Å². The predicted octanol–water partition coefficient (Wildman–Crippen LogP) is 7.04. The second-order valence-electron chi connectivity index (χ2n) is 8.10. The van der Waals surface area contributed by atoms with Crippen LogP contribution in [0.5, 0.6) is 0 Å². The second kappa shape index (κ2) is 10.2. The Bertz CT molecular complexity index is 614. The topological polar surface area (TPSA) is 9.23 Å². The maximum absolute atomic E-state index is 12.4. The van der Waals surface area contributed by atoms with Gasteiger partial charge in [-0.2, -0.15) is 8.78 Å². The molecule has 2 atom stereocenters. The molecule has 1 aromatic rings. The molecule has 0 spiro atoms. The van der Waals surface area contributed by atoms with Crippen molar-refractivity contribution in [1.29, 1.82) is 0 Å². The zero-order valence-corrected chi connectivity index (χ0v) is 16.4. The van der Waals surface area contributed by atoms with Crippen molar-refractivity contribution in [2.24, 2.45) is 11.8 Å². The number of hydrogen-bond donors (Lipinski definition) is 0. The van der Waals surface area contributed by atoms with Gasteiger partial charge in [0.25, 0.3) is 6.08 Å². The molecule has 0 N–H and O–H groups in total. The Balaban J connectivity index is 1.45. The van der Waals surface area contributed by atoms with Gasteiger partial charge in [0.05, 0.1) is 12.7 Å². The first-order valence-corrected chi connectivity index (χ1v) is 10.5. The Morgan fingerprint density at radius 3 is 2.33 bits per heavy atom. The standard InChI is InChI=1S/C24H32F2O/c1-2-3-4-5-18-6-10-20(11-7-18)22-14-15-23(27-17-22)21-12-8-19(9-13-21)16-24(25)26/h3-4,6-7,10-11,16,19,21-23H,2,5,8-9,12-15,17H2,1H3. The summed E-state index contributed by atoms with van der Waals surface area (Å²) in [5.74, 6) is 1.10. The lowest BCUT2D eigenvalue weighted by Gasteiger charge is -2.37. The first-order valence-electron chi connectivity index (χ1n) is 10.5. The molecule has 1 aliphatic carbocycles. The van der Waals surface area contributed by atoms with E-state index in [9.17, 15) is 8.78 Å². The maximum atomic E-state index is 12.4. The number of ether oxygens (including phenoxy) is 1. The largest absolute Gasteiger partial charge is 0.377 e. The van der Waals surface area contributed by atoms with E-state index >= 15 is 0 Å². The summed E-state index contributed by atoms with van der Waals surface area (Å²) in [4.78, 5) is 0. The molecule has 2 unspecified atom stereocenters.